The molecule has 32 heavy (non-hydrogen) atoms. The first kappa shape index (κ1) is 20.5. The molecule has 9 nitrogen and oxygen atoms in total. The maximum atomic E-state index is 13.6. The van der Waals surface area contributed by atoms with Crippen LogP contribution in [0.3, 0.4) is 0 Å². The normalized spacial score (nSPS) is 27.3. The van der Waals surface area contributed by atoms with Gasteiger partial charge in [0.25, 0.3) is 0 Å². The second kappa shape index (κ2) is 6.78. The molecule has 0 radical (unpaired) electrons. The van der Waals surface area contributed by atoms with Crippen LogP contribution in [0.15, 0.2) is 30.0 Å². The Morgan fingerprint density at radius 2 is 1.88 bits per heavy atom. The minimum absolute atomic E-state index is 0.0985. The first-order valence-corrected chi connectivity index (χ1v) is 9.98. The van der Waals surface area contributed by atoms with Gasteiger partial charge >= 0.3 is 0 Å². The van der Waals surface area contributed by atoms with Crippen molar-refractivity contribution in [3.05, 3.63) is 46.7 Å². The Morgan fingerprint density at radius 3 is 2.56 bits per heavy atom. The number of methoxy groups -OCH3 is 2. The van der Waals surface area contributed by atoms with Crippen molar-refractivity contribution < 1.29 is 43.8 Å². The molecule has 0 aromatic heterocycles. The van der Waals surface area contributed by atoms with Gasteiger partial charge in [-0.15, -0.1) is 0 Å². The van der Waals surface area contributed by atoms with Gasteiger partial charge in [-0.3, -0.25) is 4.79 Å². The van der Waals surface area contributed by atoms with Crippen molar-refractivity contribution in [2.24, 2.45) is 0 Å². The van der Waals surface area contributed by atoms with Gasteiger partial charge in [-0.25, -0.2) is 0 Å². The standard InChI is InChI=1S/C23H22O9/c1-22(10-24)18(25)6-12-14(32-22)5-4-11-20(12)31-19-9-30-15-8-17(29-3)16(28-2)7-13(15)23(19,27)21(11)26/h4-8,19,24-25,27H,9-10H2,1-3H3. The number of carbonyl (C=O) groups excluding carboxylic acids is 1. The van der Waals surface area contributed by atoms with Crippen molar-refractivity contribution in [2.75, 3.05) is 27.4 Å². The Hall–Kier alpha value is -3.43. The third-order valence-electron chi connectivity index (χ3n) is 6.22. The van der Waals surface area contributed by atoms with Gasteiger partial charge in [-0.1, -0.05) is 0 Å². The van der Waals surface area contributed by atoms with Gasteiger partial charge in [0.15, 0.2) is 28.8 Å². The molecule has 3 aliphatic heterocycles. The van der Waals surface area contributed by atoms with Gasteiger partial charge in [0, 0.05) is 11.6 Å². The zero-order valence-electron chi connectivity index (χ0n) is 17.7. The van der Waals surface area contributed by atoms with Crippen LogP contribution >= 0.6 is 0 Å². The maximum Gasteiger partial charge on any atom is 0.206 e. The Morgan fingerprint density at radius 1 is 1.16 bits per heavy atom. The number of ketones is 1. The van der Waals surface area contributed by atoms with Crippen LogP contribution in [0.5, 0.6) is 28.7 Å². The van der Waals surface area contributed by atoms with E-state index < -0.39 is 29.7 Å². The maximum absolute atomic E-state index is 13.6. The summed E-state index contributed by atoms with van der Waals surface area (Å²) in [5.74, 6) is 0.737. The highest BCUT2D eigenvalue weighted by molar-refractivity contribution is 6.08. The number of ether oxygens (including phenoxy) is 5. The smallest absolute Gasteiger partial charge is 0.206 e. The zero-order valence-corrected chi connectivity index (χ0v) is 17.7. The Kier molecular flexibility index (Phi) is 4.34. The molecule has 3 N–H and O–H groups in total. The van der Waals surface area contributed by atoms with Crippen molar-refractivity contribution in [3.63, 3.8) is 0 Å². The molecule has 0 aliphatic carbocycles. The lowest BCUT2D eigenvalue weighted by molar-refractivity contribution is -0.0803. The molecule has 0 saturated carbocycles. The Bertz CT molecular complexity index is 1170. The fourth-order valence-corrected chi connectivity index (χ4v) is 4.28. The molecule has 168 valence electrons. The van der Waals surface area contributed by atoms with Crippen molar-refractivity contribution in [3.8, 4) is 28.7 Å². The van der Waals surface area contributed by atoms with Gasteiger partial charge in [0.1, 0.15) is 29.6 Å². The third-order valence-corrected chi connectivity index (χ3v) is 6.22. The fraction of sp³-hybridized carbons (Fsp3) is 0.348. The number of aliphatic hydroxyl groups is 3. The first-order chi connectivity index (χ1) is 15.3. The highest BCUT2D eigenvalue weighted by atomic mass is 16.6. The summed E-state index contributed by atoms with van der Waals surface area (Å²) in [6, 6.07) is 6.11. The predicted octanol–water partition coefficient (Wildman–Crippen LogP) is 1.97. The summed E-state index contributed by atoms with van der Waals surface area (Å²) in [7, 11) is 2.93. The Balaban J connectivity index is 1.66. The number of carbonyl (C=O) groups is 1. The molecule has 3 atom stereocenters. The summed E-state index contributed by atoms with van der Waals surface area (Å²) < 4.78 is 28.2. The topological polar surface area (TPSA) is 124 Å². The van der Waals surface area contributed by atoms with E-state index >= 15 is 0 Å². The summed E-state index contributed by atoms with van der Waals surface area (Å²) >= 11 is 0. The van der Waals surface area contributed by atoms with Crippen LogP contribution in [0.4, 0.5) is 0 Å². The molecule has 9 heteroatoms. The lowest BCUT2D eigenvalue weighted by Crippen LogP contribution is -2.57. The van der Waals surface area contributed by atoms with Gasteiger partial charge in [0.05, 0.1) is 32.0 Å². The van der Waals surface area contributed by atoms with E-state index in [9.17, 15) is 20.1 Å². The lowest BCUT2D eigenvalue weighted by Gasteiger charge is -2.44. The molecule has 0 saturated heterocycles. The molecule has 3 heterocycles. The highest BCUT2D eigenvalue weighted by Crippen LogP contribution is 2.51. The monoisotopic (exact) mass is 442 g/mol. The van der Waals surface area contributed by atoms with E-state index in [2.05, 4.69) is 0 Å². The van der Waals surface area contributed by atoms with E-state index in [0.29, 0.717) is 28.6 Å². The average Bonchev–Trinajstić information content (AvgIpc) is 2.80. The highest BCUT2D eigenvalue weighted by Gasteiger charge is 2.56. The number of benzene rings is 2. The molecule has 0 bridgehead atoms. The van der Waals surface area contributed by atoms with Crippen LogP contribution in [0.2, 0.25) is 0 Å². The van der Waals surface area contributed by atoms with E-state index in [0.717, 1.165) is 0 Å². The SMILES string of the molecule is COc1cc2c(cc1OC)C1(O)C(=O)c3ccc4c(c3OC1CO2)C=C(O)C(C)(CO)O4. The lowest BCUT2D eigenvalue weighted by atomic mass is 9.77. The van der Waals surface area contributed by atoms with Gasteiger partial charge in [0.2, 0.25) is 5.78 Å². The Labute approximate surface area is 183 Å². The molecular weight excluding hydrogens is 420 g/mol. The summed E-state index contributed by atoms with van der Waals surface area (Å²) in [4.78, 5) is 13.6. The molecule has 0 spiro atoms. The predicted molar refractivity (Wildman–Crippen MR) is 111 cm³/mol. The number of fused-ring (bicyclic) bond motifs is 6. The first-order valence-electron chi connectivity index (χ1n) is 9.98. The second-order valence-corrected chi connectivity index (χ2v) is 8.09. The van der Waals surface area contributed by atoms with Crippen LogP contribution in [0.1, 0.15) is 28.4 Å². The molecule has 0 amide bonds. The molecule has 3 unspecified atom stereocenters. The minimum atomic E-state index is -2.02. The molecule has 0 fully saturated rings. The van der Waals surface area contributed by atoms with Crippen molar-refractivity contribution in [1.29, 1.82) is 0 Å². The zero-order chi connectivity index (χ0) is 22.8. The number of Topliss-reactive ketones (excluding diaryl/α,β-unsaturated/α-hetero) is 1. The number of aliphatic hydroxyl groups excluding tert-OH is 2. The number of hydrogen-bond acceptors (Lipinski definition) is 9. The average molecular weight is 442 g/mol. The van der Waals surface area contributed by atoms with E-state index in [1.165, 1.54) is 32.4 Å². The van der Waals surface area contributed by atoms with Crippen LogP contribution in [-0.2, 0) is 5.60 Å². The summed E-state index contributed by atoms with van der Waals surface area (Å²) in [6.07, 6.45) is 0.346. The van der Waals surface area contributed by atoms with Gasteiger partial charge in [-0.2, -0.15) is 0 Å². The molecule has 2 aromatic rings. The van der Waals surface area contributed by atoms with E-state index in [-0.39, 0.29) is 29.2 Å². The van der Waals surface area contributed by atoms with E-state index in [1.807, 2.05) is 0 Å². The van der Waals surface area contributed by atoms with Crippen LogP contribution in [0, 0.1) is 0 Å². The fourth-order valence-electron chi connectivity index (χ4n) is 4.28. The molecule has 2 aromatic carbocycles. The summed E-state index contributed by atoms with van der Waals surface area (Å²) in [5, 5.41) is 31.6. The van der Waals surface area contributed by atoms with Crippen molar-refractivity contribution in [2.45, 2.75) is 24.2 Å². The van der Waals surface area contributed by atoms with Crippen LogP contribution < -0.4 is 23.7 Å². The second-order valence-electron chi connectivity index (χ2n) is 8.09. The minimum Gasteiger partial charge on any atom is -0.508 e. The summed E-state index contributed by atoms with van der Waals surface area (Å²) in [5.41, 5.74) is -2.63. The quantitative estimate of drug-likeness (QED) is 0.654. The van der Waals surface area contributed by atoms with Crippen molar-refractivity contribution in [1.82, 2.24) is 0 Å². The largest absolute Gasteiger partial charge is 0.508 e. The number of hydrogen-bond donors (Lipinski definition) is 3. The van der Waals surface area contributed by atoms with Gasteiger partial charge in [-0.05, 0) is 31.2 Å². The van der Waals surface area contributed by atoms with Crippen LogP contribution in [0.25, 0.3) is 6.08 Å². The van der Waals surface area contributed by atoms with E-state index in [4.69, 9.17) is 23.7 Å². The molecule has 5 rings (SSSR count). The molecular formula is C23H22O9. The molecule has 3 aliphatic rings. The van der Waals surface area contributed by atoms with Gasteiger partial charge < -0.3 is 39.0 Å². The van der Waals surface area contributed by atoms with E-state index in [1.54, 1.807) is 19.1 Å². The number of rotatable bonds is 3. The third kappa shape index (κ3) is 2.55. The van der Waals surface area contributed by atoms with Crippen molar-refractivity contribution >= 4 is 11.9 Å². The summed E-state index contributed by atoms with van der Waals surface area (Å²) in [6.45, 7) is 1.00. The van der Waals surface area contributed by atoms with Crippen LogP contribution in [-0.4, -0.2) is 60.2 Å².